The number of carbonyl (C=O) groups is 1. The van der Waals surface area contributed by atoms with Gasteiger partial charge in [-0.15, -0.1) is 0 Å². The summed E-state index contributed by atoms with van der Waals surface area (Å²) in [4.78, 5) is 11.1. The van der Waals surface area contributed by atoms with Crippen molar-refractivity contribution >= 4 is 17.6 Å². The zero-order chi connectivity index (χ0) is 22.3. The van der Waals surface area contributed by atoms with Crippen molar-refractivity contribution in [2.24, 2.45) is 5.92 Å². The monoisotopic (exact) mass is 432 g/mol. The molecule has 0 aliphatic rings. The van der Waals surface area contributed by atoms with Crippen LogP contribution in [0.15, 0.2) is 48.5 Å². The van der Waals surface area contributed by atoms with Crippen molar-refractivity contribution in [1.82, 2.24) is 9.78 Å². The van der Waals surface area contributed by atoms with E-state index in [1.807, 2.05) is 0 Å². The molecule has 3 aromatic rings. The smallest absolute Gasteiger partial charge is 0.356 e. The van der Waals surface area contributed by atoms with Crippen LogP contribution in [0.5, 0.6) is 5.75 Å². The van der Waals surface area contributed by atoms with E-state index >= 15 is 0 Å². The third-order valence-corrected chi connectivity index (χ3v) is 4.09. The SMILES string of the molecule is CC(C)C.Cc1cc(C(=O)O)nn1Cc1cc(Cl)ccc1OCc1ccc(F)cc1. The molecule has 3 rings (SSSR count). The number of carboxylic acid groups (broad SMARTS) is 1. The third kappa shape index (κ3) is 7.19. The van der Waals surface area contributed by atoms with E-state index in [9.17, 15) is 9.18 Å². The van der Waals surface area contributed by atoms with Crippen molar-refractivity contribution in [2.45, 2.75) is 40.8 Å². The molecular formula is C23H26ClFN2O3. The quantitative estimate of drug-likeness (QED) is 0.521. The molecule has 0 atom stereocenters. The van der Waals surface area contributed by atoms with Gasteiger partial charge >= 0.3 is 5.97 Å². The molecule has 1 aromatic heterocycles. The van der Waals surface area contributed by atoms with Gasteiger partial charge in [-0.25, -0.2) is 9.18 Å². The minimum Gasteiger partial charge on any atom is -0.489 e. The van der Waals surface area contributed by atoms with Crippen LogP contribution in [0.2, 0.25) is 5.02 Å². The average molecular weight is 433 g/mol. The molecule has 7 heteroatoms. The lowest BCUT2D eigenvalue weighted by Gasteiger charge is -2.13. The standard InChI is InChI=1S/C19H16ClFN2O3.C4H10/c1-12-8-17(19(24)25)22-23(12)10-14-9-15(20)4-7-18(14)26-11-13-2-5-16(21)6-3-13;1-4(2)3/h2-9H,10-11H2,1H3,(H,24,25);4H,1-3H3. The molecule has 2 aromatic carbocycles. The summed E-state index contributed by atoms with van der Waals surface area (Å²) in [6.07, 6.45) is 0. The number of rotatable bonds is 6. The highest BCUT2D eigenvalue weighted by Gasteiger charge is 2.13. The van der Waals surface area contributed by atoms with Crippen LogP contribution in [0.1, 0.15) is 48.1 Å². The third-order valence-electron chi connectivity index (χ3n) is 3.85. The lowest BCUT2D eigenvalue weighted by Crippen LogP contribution is -2.08. The molecule has 0 saturated heterocycles. The Balaban J connectivity index is 0.000000735. The second-order valence-electron chi connectivity index (χ2n) is 7.53. The molecule has 0 unspecified atom stereocenters. The van der Waals surface area contributed by atoms with Gasteiger partial charge in [0.25, 0.3) is 0 Å². The maximum atomic E-state index is 13.0. The molecule has 1 N–H and O–H groups in total. The number of aryl methyl sites for hydroxylation is 1. The van der Waals surface area contributed by atoms with E-state index in [1.165, 1.54) is 18.2 Å². The lowest BCUT2D eigenvalue weighted by molar-refractivity contribution is 0.0689. The Morgan fingerprint density at radius 2 is 1.80 bits per heavy atom. The van der Waals surface area contributed by atoms with Crippen LogP contribution < -0.4 is 4.74 Å². The second-order valence-corrected chi connectivity index (χ2v) is 7.97. The molecular weight excluding hydrogens is 407 g/mol. The molecule has 1 heterocycles. The van der Waals surface area contributed by atoms with Crippen molar-refractivity contribution in [1.29, 1.82) is 0 Å². The van der Waals surface area contributed by atoms with Gasteiger partial charge in [-0.05, 0) is 54.8 Å². The van der Waals surface area contributed by atoms with Gasteiger partial charge in [-0.3, -0.25) is 4.68 Å². The zero-order valence-corrected chi connectivity index (χ0v) is 18.3. The molecule has 0 saturated carbocycles. The Morgan fingerprint density at radius 1 is 1.17 bits per heavy atom. The van der Waals surface area contributed by atoms with Crippen molar-refractivity contribution in [3.8, 4) is 5.75 Å². The van der Waals surface area contributed by atoms with Crippen LogP contribution in [0, 0.1) is 18.7 Å². The highest BCUT2D eigenvalue weighted by molar-refractivity contribution is 6.30. The Labute approximate surface area is 181 Å². The van der Waals surface area contributed by atoms with Crippen LogP contribution in [0.4, 0.5) is 4.39 Å². The van der Waals surface area contributed by atoms with Crippen LogP contribution >= 0.6 is 11.6 Å². The fraction of sp³-hybridized carbons (Fsp3) is 0.304. The van der Waals surface area contributed by atoms with Gasteiger partial charge in [0.05, 0.1) is 6.54 Å². The molecule has 160 valence electrons. The molecule has 0 amide bonds. The Hall–Kier alpha value is -2.86. The minimum absolute atomic E-state index is 0.0155. The number of hydrogen-bond donors (Lipinski definition) is 1. The predicted molar refractivity (Wildman–Crippen MR) is 116 cm³/mol. The second kappa shape index (κ2) is 10.8. The van der Waals surface area contributed by atoms with Crippen LogP contribution in [-0.4, -0.2) is 20.9 Å². The zero-order valence-electron chi connectivity index (χ0n) is 17.5. The average Bonchev–Trinajstić information content (AvgIpc) is 3.03. The van der Waals surface area contributed by atoms with Gasteiger partial charge in [0.1, 0.15) is 18.2 Å². The maximum absolute atomic E-state index is 13.0. The van der Waals surface area contributed by atoms with E-state index in [2.05, 4.69) is 25.9 Å². The Kier molecular flexibility index (Phi) is 8.42. The van der Waals surface area contributed by atoms with Crippen molar-refractivity contribution in [3.63, 3.8) is 0 Å². The van der Waals surface area contributed by atoms with Gasteiger partial charge in [-0.1, -0.05) is 44.5 Å². The number of aromatic nitrogens is 2. The first kappa shape index (κ1) is 23.4. The van der Waals surface area contributed by atoms with Crippen molar-refractivity contribution in [3.05, 3.63) is 81.9 Å². The van der Waals surface area contributed by atoms with Gasteiger partial charge in [0, 0.05) is 16.3 Å². The van der Waals surface area contributed by atoms with Gasteiger partial charge in [0.2, 0.25) is 0 Å². The summed E-state index contributed by atoms with van der Waals surface area (Å²) >= 11 is 6.09. The summed E-state index contributed by atoms with van der Waals surface area (Å²) in [5.74, 6) is 0.0561. The Morgan fingerprint density at radius 3 is 2.37 bits per heavy atom. The Bertz CT molecular complexity index is 982. The number of halogens is 2. The molecule has 0 aliphatic carbocycles. The summed E-state index contributed by atoms with van der Waals surface area (Å²) in [6, 6.07) is 12.8. The minimum atomic E-state index is -1.08. The molecule has 0 aliphatic heterocycles. The number of carboxylic acids is 1. The summed E-state index contributed by atoms with van der Waals surface area (Å²) in [5.41, 5.74) is 2.30. The number of nitrogens with zero attached hydrogens (tertiary/aromatic N) is 2. The maximum Gasteiger partial charge on any atom is 0.356 e. The molecule has 0 fully saturated rings. The van der Waals surface area contributed by atoms with Crippen molar-refractivity contribution in [2.75, 3.05) is 0 Å². The lowest BCUT2D eigenvalue weighted by atomic mass is 10.2. The van der Waals surface area contributed by atoms with E-state index in [0.717, 1.165) is 17.0 Å². The molecule has 0 bridgehead atoms. The van der Waals surface area contributed by atoms with Gasteiger partial charge < -0.3 is 9.84 Å². The number of aromatic carboxylic acids is 1. The summed E-state index contributed by atoms with van der Waals surface area (Å²) in [6.45, 7) is 8.87. The number of benzene rings is 2. The highest BCUT2D eigenvalue weighted by Crippen LogP contribution is 2.25. The van der Waals surface area contributed by atoms with E-state index < -0.39 is 5.97 Å². The summed E-state index contributed by atoms with van der Waals surface area (Å²) in [5, 5.41) is 13.7. The van der Waals surface area contributed by atoms with E-state index in [4.69, 9.17) is 21.4 Å². The van der Waals surface area contributed by atoms with E-state index in [0.29, 0.717) is 23.0 Å². The van der Waals surface area contributed by atoms with Crippen molar-refractivity contribution < 1.29 is 19.0 Å². The van der Waals surface area contributed by atoms with Crippen LogP contribution in [0.25, 0.3) is 0 Å². The largest absolute Gasteiger partial charge is 0.489 e. The van der Waals surface area contributed by atoms with E-state index in [-0.39, 0.29) is 18.1 Å². The first-order valence-electron chi connectivity index (χ1n) is 9.59. The van der Waals surface area contributed by atoms with Crippen LogP contribution in [-0.2, 0) is 13.2 Å². The first-order chi connectivity index (χ1) is 14.2. The number of ether oxygens (including phenoxy) is 1. The molecule has 5 nitrogen and oxygen atoms in total. The fourth-order valence-electron chi connectivity index (χ4n) is 2.49. The fourth-order valence-corrected chi connectivity index (χ4v) is 2.68. The highest BCUT2D eigenvalue weighted by atomic mass is 35.5. The van der Waals surface area contributed by atoms with Gasteiger partial charge in [-0.2, -0.15) is 5.10 Å². The molecule has 30 heavy (non-hydrogen) atoms. The molecule has 0 spiro atoms. The van der Waals surface area contributed by atoms with Gasteiger partial charge in [0.15, 0.2) is 5.69 Å². The topological polar surface area (TPSA) is 64.3 Å². The van der Waals surface area contributed by atoms with Crippen LogP contribution in [0.3, 0.4) is 0 Å². The molecule has 0 radical (unpaired) electrons. The van der Waals surface area contributed by atoms with E-state index in [1.54, 1.807) is 41.9 Å². The predicted octanol–water partition coefficient (Wildman–Crippen LogP) is 5.97. The number of hydrogen-bond acceptors (Lipinski definition) is 3. The summed E-state index contributed by atoms with van der Waals surface area (Å²) < 4.78 is 20.4. The first-order valence-corrected chi connectivity index (χ1v) is 9.97. The summed E-state index contributed by atoms with van der Waals surface area (Å²) in [7, 11) is 0. The normalized spacial score (nSPS) is 10.5.